The molecule has 1 saturated carbocycles. The molecule has 1 aliphatic carbocycles. The summed E-state index contributed by atoms with van der Waals surface area (Å²) >= 11 is 2.34. The second kappa shape index (κ2) is 6.71. The average Bonchev–Trinajstić information content (AvgIpc) is 2.26. The average molecular weight is 345 g/mol. The summed E-state index contributed by atoms with van der Waals surface area (Å²) in [6, 6.07) is 9.52. The Labute approximate surface area is 117 Å². The van der Waals surface area contributed by atoms with Gasteiger partial charge in [0.2, 0.25) is 0 Å². The maximum Gasteiger partial charge on any atom is 0.0443 e. The summed E-state index contributed by atoms with van der Waals surface area (Å²) in [5.41, 5.74) is 1.38. The van der Waals surface area contributed by atoms with Crippen LogP contribution in [0, 0.1) is 3.57 Å². The van der Waals surface area contributed by atoms with Crippen molar-refractivity contribution in [2.45, 2.75) is 38.3 Å². The first-order valence-corrected chi connectivity index (χ1v) is 7.47. The summed E-state index contributed by atoms with van der Waals surface area (Å²) in [6.07, 6.45) is 4.92. The zero-order valence-electron chi connectivity index (χ0n) is 10.1. The van der Waals surface area contributed by atoms with E-state index in [9.17, 15) is 0 Å². The van der Waals surface area contributed by atoms with Crippen molar-refractivity contribution in [3.8, 4) is 0 Å². The summed E-state index contributed by atoms with van der Waals surface area (Å²) in [7, 11) is 0. The third-order valence-corrected chi connectivity index (χ3v) is 4.21. The van der Waals surface area contributed by atoms with Gasteiger partial charge in [0, 0.05) is 29.3 Å². The Morgan fingerprint density at radius 1 is 1.24 bits per heavy atom. The molecule has 3 heteroatoms. The van der Waals surface area contributed by atoms with Crippen LogP contribution in [-0.2, 0) is 6.54 Å². The van der Waals surface area contributed by atoms with E-state index in [-0.39, 0.29) is 0 Å². The molecule has 2 nitrogen and oxygen atoms in total. The van der Waals surface area contributed by atoms with Gasteiger partial charge in [0.05, 0.1) is 0 Å². The predicted octanol–water partition coefficient (Wildman–Crippen LogP) is 3.03. The number of halogens is 1. The van der Waals surface area contributed by atoms with E-state index in [1.54, 1.807) is 0 Å². The van der Waals surface area contributed by atoms with Crippen LogP contribution in [0.2, 0.25) is 0 Å². The van der Waals surface area contributed by atoms with Gasteiger partial charge < -0.3 is 5.11 Å². The smallest absolute Gasteiger partial charge is 0.0443 e. The van der Waals surface area contributed by atoms with Crippen molar-refractivity contribution in [2.75, 3.05) is 13.2 Å². The van der Waals surface area contributed by atoms with Crippen molar-refractivity contribution in [3.05, 3.63) is 33.4 Å². The van der Waals surface area contributed by atoms with E-state index < -0.39 is 0 Å². The number of rotatable bonds is 6. The van der Waals surface area contributed by atoms with Gasteiger partial charge in [-0.25, -0.2) is 0 Å². The molecule has 0 radical (unpaired) electrons. The van der Waals surface area contributed by atoms with Crippen LogP contribution in [0.15, 0.2) is 24.3 Å². The SMILES string of the molecule is OCCCN(Cc1ccc(I)cc1)C1CCC1. The first-order valence-electron chi connectivity index (χ1n) is 6.39. The minimum absolute atomic E-state index is 0.301. The van der Waals surface area contributed by atoms with Crippen molar-refractivity contribution >= 4 is 22.6 Å². The van der Waals surface area contributed by atoms with Crippen molar-refractivity contribution in [3.63, 3.8) is 0 Å². The Hall–Kier alpha value is -0.130. The highest BCUT2D eigenvalue weighted by Crippen LogP contribution is 2.26. The van der Waals surface area contributed by atoms with Gasteiger partial charge in [0.15, 0.2) is 0 Å². The summed E-state index contributed by atoms with van der Waals surface area (Å²) in [5, 5.41) is 8.96. The fourth-order valence-electron chi connectivity index (χ4n) is 2.24. The molecule has 0 aliphatic heterocycles. The quantitative estimate of drug-likeness (QED) is 0.802. The predicted molar refractivity (Wildman–Crippen MR) is 78.9 cm³/mol. The van der Waals surface area contributed by atoms with Crippen molar-refractivity contribution in [1.29, 1.82) is 0 Å². The van der Waals surface area contributed by atoms with E-state index in [1.807, 2.05) is 0 Å². The maximum absolute atomic E-state index is 8.96. The van der Waals surface area contributed by atoms with E-state index in [0.29, 0.717) is 6.61 Å². The van der Waals surface area contributed by atoms with Gasteiger partial charge in [-0.05, 0) is 59.5 Å². The molecule has 0 unspecified atom stereocenters. The highest BCUT2D eigenvalue weighted by Gasteiger charge is 2.24. The van der Waals surface area contributed by atoms with Crippen molar-refractivity contribution < 1.29 is 5.11 Å². The van der Waals surface area contributed by atoms with Crippen LogP contribution in [0.1, 0.15) is 31.2 Å². The summed E-state index contributed by atoms with van der Waals surface area (Å²) < 4.78 is 1.29. The van der Waals surface area contributed by atoms with E-state index in [4.69, 9.17) is 5.11 Å². The third-order valence-electron chi connectivity index (χ3n) is 3.49. The lowest BCUT2D eigenvalue weighted by atomic mass is 9.91. The minimum Gasteiger partial charge on any atom is -0.396 e. The first-order chi connectivity index (χ1) is 8.29. The van der Waals surface area contributed by atoms with Gasteiger partial charge in [-0.3, -0.25) is 4.90 Å². The largest absolute Gasteiger partial charge is 0.396 e. The summed E-state index contributed by atoms with van der Waals surface area (Å²) in [4.78, 5) is 2.53. The molecule has 0 bridgehead atoms. The van der Waals surface area contributed by atoms with E-state index in [2.05, 4.69) is 51.8 Å². The van der Waals surface area contributed by atoms with Gasteiger partial charge in [0.25, 0.3) is 0 Å². The van der Waals surface area contributed by atoms with Crippen LogP contribution in [0.4, 0.5) is 0 Å². The van der Waals surface area contributed by atoms with Crippen molar-refractivity contribution in [1.82, 2.24) is 4.90 Å². The Morgan fingerprint density at radius 3 is 2.47 bits per heavy atom. The fraction of sp³-hybridized carbons (Fsp3) is 0.571. The lowest BCUT2D eigenvalue weighted by Crippen LogP contribution is -2.40. The normalized spacial score (nSPS) is 16.2. The number of aliphatic hydroxyl groups excluding tert-OH is 1. The molecular formula is C14H20INO. The fourth-order valence-corrected chi connectivity index (χ4v) is 2.60. The number of hydrogen-bond acceptors (Lipinski definition) is 2. The number of benzene rings is 1. The molecule has 1 fully saturated rings. The third kappa shape index (κ3) is 3.93. The second-order valence-electron chi connectivity index (χ2n) is 4.76. The highest BCUT2D eigenvalue weighted by atomic mass is 127. The first kappa shape index (κ1) is 13.3. The molecule has 1 N–H and O–H groups in total. The molecule has 94 valence electrons. The Bertz CT molecular complexity index is 335. The summed E-state index contributed by atoms with van der Waals surface area (Å²) in [6.45, 7) is 2.35. The topological polar surface area (TPSA) is 23.5 Å². The zero-order valence-corrected chi connectivity index (χ0v) is 12.3. The van der Waals surface area contributed by atoms with Gasteiger partial charge in [-0.2, -0.15) is 0 Å². The molecule has 0 heterocycles. The van der Waals surface area contributed by atoms with E-state index >= 15 is 0 Å². The molecule has 1 aromatic carbocycles. The van der Waals surface area contributed by atoms with Gasteiger partial charge in [-0.1, -0.05) is 18.6 Å². The maximum atomic E-state index is 8.96. The van der Waals surface area contributed by atoms with E-state index in [0.717, 1.165) is 25.6 Å². The minimum atomic E-state index is 0.301. The van der Waals surface area contributed by atoms with Gasteiger partial charge in [0.1, 0.15) is 0 Å². The standard InChI is InChI=1S/C14H20INO/c15-13-7-5-12(6-8-13)11-16(9-2-10-17)14-3-1-4-14/h5-8,14,17H,1-4,9-11H2. The van der Waals surface area contributed by atoms with Gasteiger partial charge >= 0.3 is 0 Å². The number of hydrogen-bond donors (Lipinski definition) is 1. The molecule has 0 atom stereocenters. The number of nitrogens with zero attached hydrogens (tertiary/aromatic N) is 1. The molecule has 0 aromatic heterocycles. The van der Waals surface area contributed by atoms with Crippen LogP contribution in [0.3, 0.4) is 0 Å². The Balaban J connectivity index is 1.93. The zero-order chi connectivity index (χ0) is 12.1. The van der Waals surface area contributed by atoms with Gasteiger partial charge in [-0.15, -0.1) is 0 Å². The summed E-state index contributed by atoms with van der Waals surface area (Å²) in [5.74, 6) is 0. The molecule has 0 spiro atoms. The van der Waals surface area contributed by atoms with Crippen LogP contribution >= 0.6 is 22.6 Å². The Morgan fingerprint density at radius 2 is 1.94 bits per heavy atom. The molecule has 1 aromatic rings. The highest BCUT2D eigenvalue weighted by molar-refractivity contribution is 14.1. The second-order valence-corrected chi connectivity index (χ2v) is 6.00. The monoisotopic (exact) mass is 345 g/mol. The van der Waals surface area contributed by atoms with E-state index in [1.165, 1.54) is 28.4 Å². The molecule has 0 saturated heterocycles. The Kier molecular flexibility index (Phi) is 5.25. The van der Waals surface area contributed by atoms with Crippen LogP contribution in [-0.4, -0.2) is 29.2 Å². The molecule has 0 amide bonds. The van der Waals surface area contributed by atoms with Crippen molar-refractivity contribution in [2.24, 2.45) is 0 Å². The molecule has 1 aliphatic rings. The molecular weight excluding hydrogens is 325 g/mol. The van der Waals surface area contributed by atoms with Crippen LogP contribution in [0.25, 0.3) is 0 Å². The molecule has 2 rings (SSSR count). The lowest BCUT2D eigenvalue weighted by molar-refractivity contribution is 0.109. The van der Waals surface area contributed by atoms with Crippen LogP contribution in [0.5, 0.6) is 0 Å². The van der Waals surface area contributed by atoms with Crippen LogP contribution < -0.4 is 0 Å². The number of aliphatic hydroxyl groups is 1. The lowest BCUT2D eigenvalue weighted by Gasteiger charge is -2.37. The molecule has 17 heavy (non-hydrogen) atoms.